The Morgan fingerprint density at radius 1 is 1.43 bits per heavy atom. The van der Waals surface area contributed by atoms with Crippen LogP contribution in [-0.4, -0.2) is 5.28 Å². The Labute approximate surface area is 47.9 Å². The SMILES string of the molecule is CCC(N)(P)CC. The molecule has 1 nitrogen and oxygen atoms in total. The van der Waals surface area contributed by atoms with Gasteiger partial charge in [-0.05, 0) is 12.8 Å². The second-order valence-corrected chi connectivity index (χ2v) is 3.09. The van der Waals surface area contributed by atoms with E-state index in [0.717, 1.165) is 12.8 Å². The molecule has 0 spiro atoms. The van der Waals surface area contributed by atoms with Gasteiger partial charge in [-0.1, -0.05) is 13.8 Å². The number of rotatable bonds is 2. The Morgan fingerprint density at radius 3 is 1.71 bits per heavy atom. The molecule has 0 aliphatic rings. The van der Waals surface area contributed by atoms with Crippen molar-refractivity contribution < 1.29 is 0 Å². The molecule has 0 aliphatic heterocycles. The Bertz CT molecular complexity index is 46.0. The molecule has 2 N–H and O–H groups in total. The highest BCUT2D eigenvalue weighted by molar-refractivity contribution is 7.18. The van der Waals surface area contributed by atoms with Gasteiger partial charge in [0.05, 0.1) is 0 Å². The average Bonchev–Trinajstić information content (AvgIpc) is 1.68. The molecule has 0 aromatic rings. The minimum absolute atomic E-state index is 0.000000000000000222. The highest BCUT2D eigenvalue weighted by atomic mass is 31.0. The monoisotopic (exact) mass is 119 g/mol. The van der Waals surface area contributed by atoms with Crippen molar-refractivity contribution in [2.45, 2.75) is 32.0 Å². The van der Waals surface area contributed by atoms with Gasteiger partial charge in [-0.3, -0.25) is 0 Å². The molecule has 0 heterocycles. The van der Waals surface area contributed by atoms with E-state index in [1.807, 2.05) is 0 Å². The van der Waals surface area contributed by atoms with Crippen LogP contribution in [-0.2, 0) is 0 Å². The smallest absolute Gasteiger partial charge is 0.0292 e. The molecule has 0 aliphatic carbocycles. The van der Waals surface area contributed by atoms with Gasteiger partial charge in [0, 0.05) is 5.28 Å². The molecule has 7 heavy (non-hydrogen) atoms. The fourth-order valence-corrected chi connectivity index (χ4v) is 0.250. The van der Waals surface area contributed by atoms with E-state index >= 15 is 0 Å². The summed E-state index contributed by atoms with van der Waals surface area (Å²) in [7, 11) is 2.65. The third-order valence-corrected chi connectivity index (χ3v) is 2.13. The largest absolute Gasteiger partial charge is 0.322 e. The Balaban J connectivity index is 3.36. The van der Waals surface area contributed by atoms with Crippen LogP contribution in [0.5, 0.6) is 0 Å². The molecule has 1 atom stereocenters. The van der Waals surface area contributed by atoms with Gasteiger partial charge in [-0.25, -0.2) is 0 Å². The molecule has 0 saturated heterocycles. The molecule has 0 rings (SSSR count). The molecule has 0 radical (unpaired) electrons. The lowest BCUT2D eigenvalue weighted by Gasteiger charge is -2.18. The van der Waals surface area contributed by atoms with Crippen LogP contribution < -0.4 is 5.73 Å². The van der Waals surface area contributed by atoms with Gasteiger partial charge >= 0.3 is 0 Å². The minimum Gasteiger partial charge on any atom is -0.322 e. The van der Waals surface area contributed by atoms with Crippen LogP contribution >= 0.6 is 9.24 Å². The van der Waals surface area contributed by atoms with E-state index in [2.05, 4.69) is 23.1 Å². The van der Waals surface area contributed by atoms with Gasteiger partial charge in [0.15, 0.2) is 0 Å². The number of nitrogens with two attached hydrogens (primary N) is 1. The first-order valence-electron chi connectivity index (χ1n) is 2.70. The summed E-state index contributed by atoms with van der Waals surface area (Å²) in [4.78, 5) is 0. The summed E-state index contributed by atoms with van der Waals surface area (Å²) in [6, 6.07) is 0. The number of hydrogen-bond acceptors (Lipinski definition) is 1. The maximum atomic E-state index is 5.68. The standard InChI is InChI=1S/C5H14NP/c1-3-5(6,7)4-2/h3-4,6-7H2,1-2H3. The first kappa shape index (κ1) is 7.39. The van der Waals surface area contributed by atoms with Crippen LogP contribution in [0, 0.1) is 0 Å². The molecular weight excluding hydrogens is 105 g/mol. The molecule has 0 aromatic carbocycles. The van der Waals surface area contributed by atoms with E-state index in [1.165, 1.54) is 0 Å². The summed E-state index contributed by atoms with van der Waals surface area (Å²) in [5, 5.41) is 0.000000000000000222. The summed E-state index contributed by atoms with van der Waals surface area (Å²) >= 11 is 0. The normalized spacial score (nSPS) is 12.0. The summed E-state index contributed by atoms with van der Waals surface area (Å²) in [5.74, 6) is 0. The highest BCUT2D eigenvalue weighted by Gasteiger charge is 2.10. The van der Waals surface area contributed by atoms with Crippen molar-refractivity contribution in [1.29, 1.82) is 0 Å². The fraction of sp³-hybridized carbons (Fsp3) is 1.00. The lowest BCUT2D eigenvalue weighted by Crippen LogP contribution is -2.29. The molecule has 0 bridgehead atoms. The van der Waals surface area contributed by atoms with Crippen LogP contribution in [0.1, 0.15) is 26.7 Å². The Morgan fingerprint density at radius 2 is 1.71 bits per heavy atom. The molecular formula is C5H14NP. The van der Waals surface area contributed by atoms with Gasteiger partial charge in [-0.15, -0.1) is 9.24 Å². The van der Waals surface area contributed by atoms with E-state index in [-0.39, 0.29) is 5.28 Å². The second kappa shape index (κ2) is 2.64. The maximum absolute atomic E-state index is 5.68. The average molecular weight is 119 g/mol. The molecule has 2 heteroatoms. The van der Waals surface area contributed by atoms with Crippen molar-refractivity contribution in [3.63, 3.8) is 0 Å². The molecule has 0 fully saturated rings. The van der Waals surface area contributed by atoms with Gasteiger partial charge < -0.3 is 5.73 Å². The van der Waals surface area contributed by atoms with Crippen molar-refractivity contribution in [3.8, 4) is 0 Å². The molecule has 1 unspecified atom stereocenters. The lowest BCUT2D eigenvalue weighted by molar-refractivity contribution is 0.571. The fourth-order valence-electron chi connectivity index (χ4n) is 0.250. The minimum atomic E-state index is 0.000000000000000222. The first-order chi connectivity index (χ1) is 3.12. The van der Waals surface area contributed by atoms with Crippen molar-refractivity contribution >= 4 is 9.24 Å². The Kier molecular flexibility index (Phi) is 2.78. The Hall–Kier alpha value is 0.390. The second-order valence-electron chi connectivity index (χ2n) is 1.94. The number of hydrogen-bond donors (Lipinski definition) is 1. The zero-order valence-corrected chi connectivity index (χ0v) is 6.22. The lowest BCUT2D eigenvalue weighted by atomic mass is 10.2. The summed E-state index contributed by atoms with van der Waals surface area (Å²) in [5.41, 5.74) is 5.68. The van der Waals surface area contributed by atoms with E-state index in [9.17, 15) is 0 Å². The highest BCUT2D eigenvalue weighted by Crippen LogP contribution is 2.18. The van der Waals surface area contributed by atoms with Crippen molar-refractivity contribution in [3.05, 3.63) is 0 Å². The predicted octanol–water partition coefficient (Wildman–Crippen LogP) is 1.34. The molecule has 0 saturated carbocycles. The van der Waals surface area contributed by atoms with Crippen LogP contribution in [0.3, 0.4) is 0 Å². The predicted molar refractivity (Wildman–Crippen MR) is 37.2 cm³/mol. The molecule has 44 valence electrons. The van der Waals surface area contributed by atoms with Crippen molar-refractivity contribution in [2.24, 2.45) is 5.73 Å². The zero-order chi connectivity index (χ0) is 5.91. The van der Waals surface area contributed by atoms with Gasteiger partial charge in [0.2, 0.25) is 0 Å². The van der Waals surface area contributed by atoms with Crippen LogP contribution in [0.2, 0.25) is 0 Å². The van der Waals surface area contributed by atoms with Gasteiger partial charge in [0.25, 0.3) is 0 Å². The van der Waals surface area contributed by atoms with Gasteiger partial charge in [-0.2, -0.15) is 0 Å². The topological polar surface area (TPSA) is 26.0 Å². The quantitative estimate of drug-likeness (QED) is 0.545. The van der Waals surface area contributed by atoms with Gasteiger partial charge in [0.1, 0.15) is 0 Å². The third kappa shape index (κ3) is 3.02. The van der Waals surface area contributed by atoms with E-state index in [1.54, 1.807) is 0 Å². The van der Waals surface area contributed by atoms with Crippen LogP contribution in [0.15, 0.2) is 0 Å². The van der Waals surface area contributed by atoms with Crippen molar-refractivity contribution in [1.82, 2.24) is 0 Å². The van der Waals surface area contributed by atoms with Crippen LogP contribution in [0.25, 0.3) is 0 Å². The molecule has 0 amide bonds. The first-order valence-corrected chi connectivity index (χ1v) is 3.28. The molecule has 0 aromatic heterocycles. The summed E-state index contributed by atoms with van der Waals surface area (Å²) < 4.78 is 0. The van der Waals surface area contributed by atoms with Crippen molar-refractivity contribution in [2.75, 3.05) is 0 Å². The third-order valence-electron chi connectivity index (χ3n) is 1.32. The summed E-state index contributed by atoms with van der Waals surface area (Å²) in [6.45, 7) is 4.19. The zero-order valence-electron chi connectivity index (χ0n) is 5.07. The summed E-state index contributed by atoms with van der Waals surface area (Å²) in [6.07, 6.45) is 2.07. The van der Waals surface area contributed by atoms with E-state index < -0.39 is 0 Å². The van der Waals surface area contributed by atoms with Crippen LogP contribution in [0.4, 0.5) is 0 Å². The maximum Gasteiger partial charge on any atom is 0.0292 e. The van der Waals surface area contributed by atoms with E-state index in [0.29, 0.717) is 0 Å². The van der Waals surface area contributed by atoms with E-state index in [4.69, 9.17) is 5.73 Å².